The zero-order valence-corrected chi connectivity index (χ0v) is 8.35. The molecule has 0 aliphatic rings. The zero-order chi connectivity index (χ0) is 8.43. The number of hydrogen-bond acceptors (Lipinski definition) is 4. The van der Waals surface area contributed by atoms with Crippen LogP contribution < -0.4 is 10.6 Å². The van der Waals surface area contributed by atoms with E-state index in [0.29, 0.717) is 16.9 Å². The molecule has 1 aromatic heterocycles. The van der Waals surface area contributed by atoms with Crippen LogP contribution in [0, 0.1) is 0 Å². The van der Waals surface area contributed by atoms with Crippen molar-refractivity contribution in [2.75, 3.05) is 24.7 Å². The van der Waals surface area contributed by atoms with Crippen LogP contribution in [0.5, 0.6) is 0 Å². The van der Waals surface area contributed by atoms with E-state index in [0.717, 1.165) is 0 Å². The highest BCUT2D eigenvalue weighted by Gasteiger charge is 2.01. The molecule has 1 aromatic rings. The Morgan fingerprint density at radius 1 is 1.42 bits per heavy atom. The molecule has 0 atom stereocenters. The number of halogens is 2. The summed E-state index contributed by atoms with van der Waals surface area (Å²) < 4.78 is 0. The molecule has 0 bridgehead atoms. The minimum Gasteiger partial charge on any atom is -0.383 e. The van der Waals surface area contributed by atoms with Gasteiger partial charge < -0.3 is 10.6 Å². The first-order chi connectivity index (χ1) is 5.09. The van der Waals surface area contributed by atoms with Crippen molar-refractivity contribution in [2.24, 2.45) is 0 Å². The summed E-state index contributed by atoms with van der Waals surface area (Å²) in [5.74, 6) is 0.906. The van der Waals surface area contributed by atoms with Gasteiger partial charge in [-0.15, -0.1) is 12.4 Å². The van der Waals surface area contributed by atoms with E-state index in [1.165, 1.54) is 6.07 Å². The number of anilines is 2. The molecule has 0 radical (unpaired) electrons. The number of nitrogens with zero attached hydrogens (tertiary/aromatic N) is 3. The van der Waals surface area contributed by atoms with Gasteiger partial charge in [0, 0.05) is 20.2 Å². The standard InChI is InChI=1S/C6H9ClN4.ClH/c1-11(2)6-9-4(7)3-5(8)10-6;/h3H,1-2H3,(H2,8,9,10);1H. The Balaban J connectivity index is 0.00000121. The summed E-state index contributed by atoms with van der Waals surface area (Å²) >= 11 is 5.64. The third-order valence-electron chi connectivity index (χ3n) is 1.10. The van der Waals surface area contributed by atoms with Crippen molar-refractivity contribution in [3.8, 4) is 0 Å². The molecule has 1 heterocycles. The van der Waals surface area contributed by atoms with Gasteiger partial charge in [-0.3, -0.25) is 0 Å². The highest BCUT2D eigenvalue weighted by molar-refractivity contribution is 6.29. The predicted molar refractivity (Wildman–Crippen MR) is 53.0 cm³/mol. The number of hydrogen-bond donors (Lipinski definition) is 1. The lowest BCUT2D eigenvalue weighted by molar-refractivity contribution is 1.00. The van der Waals surface area contributed by atoms with Crippen molar-refractivity contribution in [3.63, 3.8) is 0 Å². The smallest absolute Gasteiger partial charge is 0.228 e. The summed E-state index contributed by atoms with van der Waals surface area (Å²) in [4.78, 5) is 9.61. The van der Waals surface area contributed by atoms with Crippen molar-refractivity contribution >= 4 is 35.8 Å². The maximum atomic E-state index is 5.64. The Labute approximate surface area is 82.2 Å². The van der Waals surface area contributed by atoms with Crippen LogP contribution in [0.4, 0.5) is 11.8 Å². The topological polar surface area (TPSA) is 55.0 Å². The lowest BCUT2D eigenvalue weighted by Gasteiger charge is -2.09. The van der Waals surface area contributed by atoms with Gasteiger partial charge in [0.05, 0.1) is 0 Å². The van der Waals surface area contributed by atoms with E-state index in [1.807, 2.05) is 14.1 Å². The van der Waals surface area contributed by atoms with E-state index in [4.69, 9.17) is 17.3 Å². The van der Waals surface area contributed by atoms with Crippen LogP contribution in [0.3, 0.4) is 0 Å². The molecule has 6 heteroatoms. The first kappa shape index (κ1) is 11.3. The van der Waals surface area contributed by atoms with Crippen molar-refractivity contribution in [1.82, 2.24) is 9.97 Å². The van der Waals surface area contributed by atoms with Crippen LogP contribution in [-0.4, -0.2) is 24.1 Å². The third kappa shape index (κ3) is 2.71. The Hall–Kier alpha value is -0.740. The van der Waals surface area contributed by atoms with E-state index in [2.05, 4.69) is 9.97 Å². The normalized spacial score (nSPS) is 8.92. The van der Waals surface area contributed by atoms with Gasteiger partial charge in [-0.1, -0.05) is 11.6 Å². The molecule has 0 amide bonds. The Morgan fingerprint density at radius 3 is 2.42 bits per heavy atom. The lowest BCUT2D eigenvalue weighted by atomic mass is 10.6. The number of rotatable bonds is 1. The second-order valence-electron chi connectivity index (χ2n) is 2.31. The molecule has 0 fully saturated rings. The van der Waals surface area contributed by atoms with Gasteiger partial charge in [-0.05, 0) is 0 Å². The maximum Gasteiger partial charge on any atom is 0.228 e. The molecule has 0 spiro atoms. The summed E-state index contributed by atoms with van der Waals surface area (Å²) in [7, 11) is 3.65. The van der Waals surface area contributed by atoms with Crippen molar-refractivity contribution in [2.45, 2.75) is 0 Å². The van der Waals surface area contributed by atoms with Crippen LogP contribution in [0.1, 0.15) is 0 Å². The van der Waals surface area contributed by atoms with Gasteiger partial charge in [0.2, 0.25) is 5.95 Å². The summed E-state index contributed by atoms with van der Waals surface area (Å²) in [6.45, 7) is 0. The van der Waals surface area contributed by atoms with Crippen molar-refractivity contribution < 1.29 is 0 Å². The SMILES string of the molecule is CN(C)c1nc(N)cc(Cl)n1.Cl. The second-order valence-corrected chi connectivity index (χ2v) is 2.70. The molecule has 0 unspecified atom stereocenters. The quantitative estimate of drug-likeness (QED) is 0.706. The molecule has 12 heavy (non-hydrogen) atoms. The molecule has 1 rings (SSSR count). The second kappa shape index (κ2) is 4.33. The maximum absolute atomic E-state index is 5.64. The van der Waals surface area contributed by atoms with E-state index < -0.39 is 0 Å². The molecule has 0 saturated heterocycles. The van der Waals surface area contributed by atoms with Gasteiger partial charge in [0.15, 0.2) is 0 Å². The fourth-order valence-corrected chi connectivity index (χ4v) is 0.810. The molecule has 2 N–H and O–H groups in total. The van der Waals surface area contributed by atoms with Crippen LogP contribution in [0.2, 0.25) is 5.15 Å². The molecule has 0 aliphatic heterocycles. The van der Waals surface area contributed by atoms with Gasteiger partial charge in [-0.25, -0.2) is 4.98 Å². The van der Waals surface area contributed by atoms with E-state index in [1.54, 1.807) is 4.90 Å². The largest absolute Gasteiger partial charge is 0.383 e. The van der Waals surface area contributed by atoms with Crippen LogP contribution in [0.25, 0.3) is 0 Å². The van der Waals surface area contributed by atoms with Gasteiger partial charge >= 0.3 is 0 Å². The van der Waals surface area contributed by atoms with Crippen LogP contribution >= 0.6 is 24.0 Å². The highest BCUT2D eigenvalue weighted by Crippen LogP contribution is 2.12. The van der Waals surface area contributed by atoms with E-state index >= 15 is 0 Å². The zero-order valence-electron chi connectivity index (χ0n) is 6.78. The van der Waals surface area contributed by atoms with E-state index in [9.17, 15) is 0 Å². The van der Waals surface area contributed by atoms with Crippen LogP contribution in [0.15, 0.2) is 6.07 Å². The minimum absolute atomic E-state index is 0. The summed E-state index contributed by atoms with van der Waals surface area (Å²) in [5, 5.41) is 0.362. The Kier molecular flexibility index (Phi) is 4.06. The Morgan fingerprint density at radius 2 is 2.00 bits per heavy atom. The summed E-state index contributed by atoms with van der Waals surface area (Å²) in [6, 6.07) is 1.51. The molecule has 68 valence electrons. The fourth-order valence-electron chi connectivity index (χ4n) is 0.623. The van der Waals surface area contributed by atoms with Gasteiger partial charge in [-0.2, -0.15) is 4.98 Å². The van der Waals surface area contributed by atoms with E-state index in [-0.39, 0.29) is 12.4 Å². The number of nitrogen functional groups attached to an aromatic ring is 1. The lowest BCUT2D eigenvalue weighted by Crippen LogP contribution is -2.13. The highest BCUT2D eigenvalue weighted by atomic mass is 35.5. The molecule has 4 nitrogen and oxygen atoms in total. The predicted octanol–water partition coefficient (Wildman–Crippen LogP) is 1.20. The average molecular weight is 209 g/mol. The number of aromatic nitrogens is 2. The van der Waals surface area contributed by atoms with Gasteiger partial charge in [0.25, 0.3) is 0 Å². The molecule has 0 saturated carbocycles. The third-order valence-corrected chi connectivity index (χ3v) is 1.30. The van der Waals surface area contributed by atoms with Crippen LogP contribution in [-0.2, 0) is 0 Å². The van der Waals surface area contributed by atoms with Crippen molar-refractivity contribution in [3.05, 3.63) is 11.2 Å². The number of nitrogens with two attached hydrogens (primary N) is 1. The Bertz CT molecular complexity index is 243. The molecular weight excluding hydrogens is 199 g/mol. The molecule has 0 aromatic carbocycles. The first-order valence-corrected chi connectivity index (χ1v) is 3.45. The summed E-state index contributed by atoms with van der Waals surface area (Å²) in [6.07, 6.45) is 0. The average Bonchev–Trinajstić information content (AvgIpc) is 1.85. The first-order valence-electron chi connectivity index (χ1n) is 3.07. The van der Waals surface area contributed by atoms with Crippen molar-refractivity contribution in [1.29, 1.82) is 0 Å². The molecular formula is C6H10Cl2N4. The minimum atomic E-state index is 0. The fraction of sp³-hybridized carbons (Fsp3) is 0.333. The van der Waals surface area contributed by atoms with Gasteiger partial charge in [0.1, 0.15) is 11.0 Å². The summed E-state index contributed by atoms with van der Waals surface area (Å²) in [5.41, 5.74) is 5.44. The molecule has 0 aliphatic carbocycles. The monoisotopic (exact) mass is 208 g/mol.